The van der Waals surface area contributed by atoms with Gasteiger partial charge in [-0.2, -0.15) is 0 Å². The van der Waals surface area contributed by atoms with Crippen molar-refractivity contribution in [1.29, 1.82) is 0 Å². The Morgan fingerprint density at radius 3 is 2.77 bits per heavy atom. The molecule has 1 aromatic carbocycles. The summed E-state index contributed by atoms with van der Waals surface area (Å²) in [6, 6.07) is 10.3. The minimum absolute atomic E-state index is 0.253. The number of nitrogens with one attached hydrogen (secondary N) is 3. The second kappa shape index (κ2) is 6.79. The summed E-state index contributed by atoms with van der Waals surface area (Å²) in [4.78, 5) is 32.8. The molecule has 130 valence electrons. The number of hydrogen-bond donors (Lipinski definition) is 3. The third kappa shape index (κ3) is 3.61. The van der Waals surface area contributed by atoms with E-state index in [0.29, 0.717) is 16.9 Å². The number of urea groups is 1. The topological polar surface area (TPSA) is 96.0 Å². The van der Waals surface area contributed by atoms with Crippen molar-refractivity contribution < 1.29 is 9.59 Å². The maximum atomic E-state index is 12.6. The zero-order valence-electron chi connectivity index (χ0n) is 13.9. The lowest BCUT2D eigenvalue weighted by atomic mass is 10.1. The lowest BCUT2D eigenvalue weighted by Crippen LogP contribution is -2.30. The zero-order valence-corrected chi connectivity index (χ0v) is 13.9. The summed E-state index contributed by atoms with van der Waals surface area (Å²) in [6.45, 7) is 0. The number of aromatic nitrogens is 2. The van der Waals surface area contributed by atoms with Crippen LogP contribution in [0.3, 0.4) is 0 Å². The molecule has 0 bridgehead atoms. The van der Waals surface area contributed by atoms with Gasteiger partial charge in [-0.05, 0) is 43.2 Å². The molecule has 4 rings (SSSR count). The lowest BCUT2D eigenvalue weighted by molar-refractivity contribution is 0.102. The maximum absolute atomic E-state index is 12.6. The van der Waals surface area contributed by atoms with Crippen LogP contribution in [-0.4, -0.2) is 27.9 Å². The van der Waals surface area contributed by atoms with Gasteiger partial charge >= 0.3 is 6.03 Å². The first-order chi connectivity index (χ1) is 12.7. The average Bonchev–Trinajstić information content (AvgIpc) is 3.46. The zero-order chi connectivity index (χ0) is 17.9. The van der Waals surface area contributed by atoms with Gasteiger partial charge in [0.25, 0.3) is 5.91 Å². The monoisotopic (exact) mass is 347 g/mol. The number of benzene rings is 1. The van der Waals surface area contributed by atoms with Crippen LogP contribution in [0.4, 0.5) is 16.2 Å². The summed E-state index contributed by atoms with van der Waals surface area (Å²) in [5.41, 5.74) is 2.41. The van der Waals surface area contributed by atoms with E-state index in [2.05, 4.69) is 25.9 Å². The largest absolute Gasteiger partial charge is 0.335 e. The molecule has 1 saturated carbocycles. The molecule has 1 aliphatic carbocycles. The molecule has 0 radical (unpaired) electrons. The molecule has 0 spiro atoms. The fourth-order valence-electron chi connectivity index (χ4n) is 2.61. The van der Waals surface area contributed by atoms with Crippen LogP contribution in [0.1, 0.15) is 23.2 Å². The van der Waals surface area contributed by atoms with Gasteiger partial charge in [0.1, 0.15) is 0 Å². The third-order valence-electron chi connectivity index (χ3n) is 4.09. The molecule has 0 atom stereocenters. The predicted octanol–water partition coefficient (Wildman–Crippen LogP) is 3.17. The van der Waals surface area contributed by atoms with Gasteiger partial charge in [0.15, 0.2) is 0 Å². The Bertz CT molecular complexity index is 979. The molecular formula is C19H17N5O2. The molecule has 3 amide bonds. The molecule has 1 aliphatic rings. The highest BCUT2D eigenvalue weighted by Crippen LogP contribution is 2.22. The van der Waals surface area contributed by atoms with E-state index in [1.54, 1.807) is 55.0 Å². The van der Waals surface area contributed by atoms with E-state index in [9.17, 15) is 9.59 Å². The van der Waals surface area contributed by atoms with Gasteiger partial charge in [-0.3, -0.25) is 14.8 Å². The number of pyridine rings is 2. The fourth-order valence-corrected chi connectivity index (χ4v) is 2.61. The van der Waals surface area contributed by atoms with Crippen molar-refractivity contribution in [3.05, 3.63) is 60.6 Å². The Morgan fingerprint density at radius 2 is 1.92 bits per heavy atom. The van der Waals surface area contributed by atoms with Gasteiger partial charge < -0.3 is 16.0 Å². The van der Waals surface area contributed by atoms with Crippen LogP contribution < -0.4 is 16.0 Å². The van der Waals surface area contributed by atoms with Gasteiger partial charge in [-0.15, -0.1) is 0 Å². The number of carbonyl (C=O) groups excluding carboxylic acids is 2. The molecule has 0 saturated heterocycles. The van der Waals surface area contributed by atoms with Crippen LogP contribution in [-0.2, 0) is 0 Å². The van der Waals surface area contributed by atoms with Crippen LogP contribution in [0.5, 0.6) is 0 Å². The third-order valence-corrected chi connectivity index (χ3v) is 4.09. The number of fused-ring (bicyclic) bond motifs is 1. The first-order valence-corrected chi connectivity index (χ1v) is 8.37. The Labute approximate surface area is 149 Å². The standard InChI is InChI=1S/C19H17N5O2/c25-18(24-17-7-9-21-16-6-8-20-11-15(16)17)12-2-1-3-14(10-12)23-19(26)22-13-4-5-13/h1-3,6-11,13H,4-5H2,(H,21,24,25)(H2,22,23,26). The SMILES string of the molecule is O=C(Nc1cccc(C(=O)Nc2ccnc3ccncc23)c1)NC1CC1. The van der Waals surface area contributed by atoms with Crippen molar-refractivity contribution in [3.8, 4) is 0 Å². The van der Waals surface area contributed by atoms with Crippen LogP contribution in [0.15, 0.2) is 55.0 Å². The Balaban J connectivity index is 1.50. The van der Waals surface area contributed by atoms with E-state index in [0.717, 1.165) is 23.7 Å². The van der Waals surface area contributed by atoms with E-state index >= 15 is 0 Å². The van der Waals surface area contributed by atoms with Gasteiger partial charge in [-0.25, -0.2) is 4.79 Å². The second-order valence-electron chi connectivity index (χ2n) is 6.16. The van der Waals surface area contributed by atoms with Crippen molar-refractivity contribution in [2.75, 3.05) is 10.6 Å². The van der Waals surface area contributed by atoms with E-state index in [1.165, 1.54) is 0 Å². The van der Waals surface area contributed by atoms with Gasteiger partial charge in [0.05, 0.1) is 11.2 Å². The highest BCUT2D eigenvalue weighted by atomic mass is 16.2. The number of hydrogen-bond acceptors (Lipinski definition) is 4. The average molecular weight is 347 g/mol. The number of nitrogens with zero attached hydrogens (tertiary/aromatic N) is 2. The van der Waals surface area contributed by atoms with Crippen molar-refractivity contribution in [3.63, 3.8) is 0 Å². The quantitative estimate of drug-likeness (QED) is 0.675. The summed E-state index contributed by atoms with van der Waals surface area (Å²) in [5, 5.41) is 9.24. The summed E-state index contributed by atoms with van der Waals surface area (Å²) in [6.07, 6.45) is 6.99. The number of carbonyl (C=O) groups is 2. The molecule has 0 aliphatic heterocycles. The van der Waals surface area contributed by atoms with Gasteiger partial charge in [0.2, 0.25) is 0 Å². The van der Waals surface area contributed by atoms with E-state index in [4.69, 9.17) is 0 Å². The second-order valence-corrected chi connectivity index (χ2v) is 6.16. The Hall–Kier alpha value is -3.48. The van der Waals surface area contributed by atoms with Crippen molar-refractivity contribution >= 4 is 34.2 Å². The molecule has 26 heavy (non-hydrogen) atoms. The lowest BCUT2D eigenvalue weighted by Gasteiger charge is -2.10. The van der Waals surface area contributed by atoms with Crippen molar-refractivity contribution in [2.24, 2.45) is 0 Å². The number of anilines is 2. The Kier molecular flexibility index (Phi) is 4.18. The van der Waals surface area contributed by atoms with E-state index < -0.39 is 0 Å². The van der Waals surface area contributed by atoms with Crippen molar-refractivity contribution in [1.82, 2.24) is 15.3 Å². The van der Waals surface area contributed by atoms with E-state index in [1.807, 2.05) is 0 Å². The predicted molar refractivity (Wildman–Crippen MR) is 99.1 cm³/mol. The van der Waals surface area contributed by atoms with Crippen molar-refractivity contribution in [2.45, 2.75) is 18.9 Å². The Morgan fingerprint density at radius 1 is 1.04 bits per heavy atom. The molecule has 7 heteroatoms. The van der Waals surface area contributed by atoms with Crippen LogP contribution in [0, 0.1) is 0 Å². The molecule has 3 aromatic rings. The summed E-state index contributed by atoms with van der Waals surface area (Å²) < 4.78 is 0. The van der Waals surface area contributed by atoms with Crippen LogP contribution in [0.2, 0.25) is 0 Å². The molecule has 2 heterocycles. The molecule has 2 aromatic heterocycles. The maximum Gasteiger partial charge on any atom is 0.319 e. The summed E-state index contributed by atoms with van der Waals surface area (Å²) in [5.74, 6) is -0.271. The summed E-state index contributed by atoms with van der Waals surface area (Å²) in [7, 11) is 0. The first kappa shape index (κ1) is 16.0. The van der Waals surface area contributed by atoms with Crippen LogP contribution >= 0.6 is 0 Å². The molecule has 7 nitrogen and oxygen atoms in total. The highest BCUT2D eigenvalue weighted by Gasteiger charge is 2.23. The fraction of sp³-hybridized carbons (Fsp3) is 0.158. The summed E-state index contributed by atoms with van der Waals surface area (Å²) >= 11 is 0. The number of rotatable bonds is 4. The normalized spacial score (nSPS) is 13.2. The van der Waals surface area contributed by atoms with E-state index in [-0.39, 0.29) is 18.0 Å². The smallest absolute Gasteiger partial charge is 0.319 e. The molecular weight excluding hydrogens is 330 g/mol. The minimum atomic E-state index is -0.271. The highest BCUT2D eigenvalue weighted by molar-refractivity contribution is 6.09. The minimum Gasteiger partial charge on any atom is -0.335 e. The van der Waals surface area contributed by atoms with Crippen LogP contribution in [0.25, 0.3) is 10.9 Å². The number of amides is 3. The van der Waals surface area contributed by atoms with Gasteiger partial charge in [0, 0.05) is 41.3 Å². The molecule has 0 unspecified atom stereocenters. The van der Waals surface area contributed by atoms with Gasteiger partial charge in [-0.1, -0.05) is 6.07 Å². The first-order valence-electron chi connectivity index (χ1n) is 8.37. The molecule has 3 N–H and O–H groups in total. The molecule has 1 fully saturated rings.